The van der Waals surface area contributed by atoms with Crippen LogP contribution in [0, 0.1) is 11.3 Å². The molecule has 0 radical (unpaired) electrons. The van der Waals surface area contributed by atoms with Crippen LogP contribution in [0.5, 0.6) is 0 Å². The van der Waals surface area contributed by atoms with E-state index in [0.29, 0.717) is 12.6 Å². The van der Waals surface area contributed by atoms with Crippen molar-refractivity contribution < 1.29 is 9.21 Å². The molecule has 0 saturated heterocycles. The van der Waals surface area contributed by atoms with Gasteiger partial charge in [-0.15, -0.1) is 0 Å². The largest absolute Gasteiger partial charge is 0.459 e. The molecule has 5 nitrogen and oxygen atoms in total. The molecular weight excluding hydrogens is 278 g/mol. The van der Waals surface area contributed by atoms with E-state index < -0.39 is 0 Å². The van der Waals surface area contributed by atoms with Gasteiger partial charge in [-0.1, -0.05) is 18.2 Å². The maximum Gasteiger partial charge on any atom is 0.288 e. The molecule has 0 bridgehead atoms. The molecule has 1 aromatic carbocycles. The molecule has 1 amide bonds. The van der Waals surface area contributed by atoms with Crippen LogP contribution in [0.3, 0.4) is 0 Å². The molecule has 0 saturated carbocycles. The predicted molar refractivity (Wildman–Crippen MR) is 82.4 cm³/mol. The van der Waals surface area contributed by atoms with Crippen molar-refractivity contribution in [2.75, 3.05) is 11.4 Å². The van der Waals surface area contributed by atoms with Crippen molar-refractivity contribution in [2.45, 2.75) is 25.9 Å². The average Bonchev–Trinajstić information content (AvgIpc) is 3.10. The number of rotatable bonds is 4. The summed E-state index contributed by atoms with van der Waals surface area (Å²) in [5.74, 6) is -0.0616. The maximum absolute atomic E-state index is 12.0. The van der Waals surface area contributed by atoms with Crippen molar-refractivity contribution in [2.24, 2.45) is 0 Å². The summed E-state index contributed by atoms with van der Waals surface area (Å²) in [5.41, 5.74) is 3.37. The molecule has 2 heterocycles. The van der Waals surface area contributed by atoms with Gasteiger partial charge in [0.15, 0.2) is 5.76 Å². The number of nitrogens with zero attached hydrogens (tertiary/aromatic N) is 2. The molecule has 1 aliphatic rings. The first-order valence-electron chi connectivity index (χ1n) is 7.26. The Labute approximate surface area is 129 Å². The van der Waals surface area contributed by atoms with Gasteiger partial charge in [-0.25, -0.2) is 0 Å². The Hall–Kier alpha value is -2.74. The number of carbonyl (C=O) groups excluding carboxylic acids is 1. The first-order valence-corrected chi connectivity index (χ1v) is 7.26. The monoisotopic (exact) mass is 295 g/mol. The van der Waals surface area contributed by atoms with Gasteiger partial charge < -0.3 is 14.6 Å². The fraction of sp³-hybridized carbons (Fsp3) is 0.294. The molecule has 1 unspecified atom stereocenters. The number of nitrogens with one attached hydrogen (secondary N) is 1. The minimum absolute atomic E-state index is 0.0259. The SMILES string of the molecule is CC1Cc2ccccc2N1Cc1ccoc1C(=O)NCC#N. The van der Waals surface area contributed by atoms with Crippen molar-refractivity contribution >= 4 is 11.6 Å². The Balaban J connectivity index is 1.82. The Morgan fingerprint density at radius 1 is 1.45 bits per heavy atom. The van der Waals surface area contributed by atoms with E-state index in [9.17, 15) is 4.79 Å². The van der Waals surface area contributed by atoms with E-state index in [2.05, 4.69) is 29.3 Å². The second-order valence-corrected chi connectivity index (χ2v) is 5.43. The van der Waals surface area contributed by atoms with Crippen molar-refractivity contribution in [3.63, 3.8) is 0 Å². The number of nitriles is 1. The van der Waals surface area contributed by atoms with Crippen LogP contribution in [0.15, 0.2) is 41.0 Å². The number of hydrogen-bond acceptors (Lipinski definition) is 4. The van der Waals surface area contributed by atoms with E-state index in [1.54, 1.807) is 0 Å². The van der Waals surface area contributed by atoms with E-state index in [-0.39, 0.29) is 18.2 Å². The van der Waals surface area contributed by atoms with E-state index in [4.69, 9.17) is 9.68 Å². The maximum atomic E-state index is 12.0. The van der Waals surface area contributed by atoms with Crippen molar-refractivity contribution in [3.8, 4) is 6.07 Å². The second kappa shape index (κ2) is 5.94. The number of fused-ring (bicyclic) bond motifs is 1. The highest BCUT2D eigenvalue weighted by Gasteiger charge is 2.27. The van der Waals surface area contributed by atoms with E-state index in [1.807, 2.05) is 24.3 Å². The summed E-state index contributed by atoms with van der Waals surface area (Å²) in [7, 11) is 0. The van der Waals surface area contributed by atoms with Crippen LogP contribution in [0.2, 0.25) is 0 Å². The number of benzene rings is 1. The van der Waals surface area contributed by atoms with Crippen LogP contribution in [0.4, 0.5) is 5.69 Å². The number of carbonyl (C=O) groups is 1. The van der Waals surface area contributed by atoms with E-state index >= 15 is 0 Å². The Kier molecular flexibility index (Phi) is 3.84. The summed E-state index contributed by atoms with van der Waals surface area (Å²) in [5, 5.41) is 11.1. The van der Waals surface area contributed by atoms with E-state index in [1.165, 1.54) is 17.5 Å². The second-order valence-electron chi connectivity index (χ2n) is 5.43. The third-order valence-electron chi connectivity index (χ3n) is 3.97. The Bertz CT molecular complexity index is 730. The first kappa shape index (κ1) is 14.2. The normalized spacial score (nSPS) is 16.2. The third kappa shape index (κ3) is 2.56. The standard InChI is InChI=1S/C17H17N3O2/c1-12-10-13-4-2-3-5-15(13)20(12)11-14-6-9-22-16(14)17(21)19-8-7-18/h2-6,9,12H,8,10-11H2,1H3,(H,19,21). The third-order valence-corrected chi connectivity index (χ3v) is 3.97. The van der Waals surface area contributed by atoms with Crippen molar-refractivity contribution in [1.29, 1.82) is 5.26 Å². The minimum Gasteiger partial charge on any atom is -0.459 e. The van der Waals surface area contributed by atoms with Crippen molar-refractivity contribution in [3.05, 3.63) is 53.5 Å². The van der Waals surface area contributed by atoms with E-state index in [0.717, 1.165) is 12.0 Å². The summed E-state index contributed by atoms with van der Waals surface area (Å²) < 4.78 is 5.31. The first-order chi connectivity index (χ1) is 10.7. The van der Waals surface area contributed by atoms with Gasteiger partial charge in [-0.05, 0) is 31.0 Å². The summed E-state index contributed by atoms with van der Waals surface area (Å²) >= 11 is 0. The van der Waals surface area contributed by atoms with Crippen LogP contribution < -0.4 is 10.2 Å². The summed E-state index contributed by atoms with van der Waals surface area (Å²) in [6.07, 6.45) is 2.52. The summed E-state index contributed by atoms with van der Waals surface area (Å²) in [6, 6.07) is 12.4. The molecule has 0 fully saturated rings. The number of para-hydroxylation sites is 1. The molecule has 1 aliphatic heterocycles. The molecule has 1 N–H and O–H groups in total. The van der Waals surface area contributed by atoms with Crippen LogP contribution in [-0.4, -0.2) is 18.5 Å². The zero-order valence-corrected chi connectivity index (χ0v) is 12.4. The summed E-state index contributed by atoms with van der Waals surface area (Å²) in [6.45, 7) is 2.77. The Morgan fingerprint density at radius 3 is 3.09 bits per heavy atom. The topological polar surface area (TPSA) is 69.3 Å². The highest BCUT2D eigenvalue weighted by Crippen LogP contribution is 2.33. The number of amides is 1. The smallest absolute Gasteiger partial charge is 0.288 e. The van der Waals surface area contributed by atoms with Gasteiger partial charge in [0.1, 0.15) is 6.54 Å². The molecular formula is C17H17N3O2. The Morgan fingerprint density at radius 2 is 2.27 bits per heavy atom. The van der Waals surface area contributed by atoms with Gasteiger partial charge in [0, 0.05) is 23.8 Å². The number of anilines is 1. The minimum atomic E-state index is -0.346. The lowest BCUT2D eigenvalue weighted by Gasteiger charge is -2.24. The highest BCUT2D eigenvalue weighted by molar-refractivity contribution is 5.93. The van der Waals surface area contributed by atoms with Crippen LogP contribution in [0.25, 0.3) is 0 Å². The zero-order chi connectivity index (χ0) is 15.5. The highest BCUT2D eigenvalue weighted by atomic mass is 16.3. The molecule has 5 heteroatoms. The fourth-order valence-corrected chi connectivity index (χ4v) is 2.91. The quantitative estimate of drug-likeness (QED) is 0.880. The average molecular weight is 295 g/mol. The lowest BCUT2D eigenvalue weighted by molar-refractivity contribution is 0.0929. The van der Waals surface area contributed by atoms with Gasteiger partial charge in [0.2, 0.25) is 0 Å². The lowest BCUT2D eigenvalue weighted by atomic mass is 10.1. The van der Waals surface area contributed by atoms with Gasteiger partial charge in [0.05, 0.1) is 12.3 Å². The predicted octanol–water partition coefficient (Wildman–Crippen LogP) is 2.48. The lowest BCUT2D eigenvalue weighted by Crippen LogP contribution is -2.30. The number of hydrogen-bond donors (Lipinski definition) is 1. The van der Waals surface area contributed by atoms with Crippen LogP contribution in [-0.2, 0) is 13.0 Å². The summed E-state index contributed by atoms with van der Waals surface area (Å²) in [4.78, 5) is 14.3. The molecule has 22 heavy (non-hydrogen) atoms. The molecule has 1 atom stereocenters. The van der Waals surface area contributed by atoms with Gasteiger partial charge in [-0.3, -0.25) is 4.79 Å². The molecule has 2 aromatic rings. The van der Waals surface area contributed by atoms with Gasteiger partial charge >= 0.3 is 0 Å². The van der Waals surface area contributed by atoms with Crippen LogP contribution in [0.1, 0.15) is 28.6 Å². The van der Waals surface area contributed by atoms with Gasteiger partial charge in [-0.2, -0.15) is 5.26 Å². The molecule has 0 aliphatic carbocycles. The zero-order valence-electron chi connectivity index (χ0n) is 12.4. The molecule has 0 spiro atoms. The van der Waals surface area contributed by atoms with Gasteiger partial charge in [0.25, 0.3) is 5.91 Å². The fourth-order valence-electron chi connectivity index (χ4n) is 2.91. The van der Waals surface area contributed by atoms with Crippen molar-refractivity contribution in [1.82, 2.24) is 5.32 Å². The molecule has 3 rings (SSSR count). The number of furan rings is 1. The molecule has 1 aromatic heterocycles. The van der Waals surface area contributed by atoms with Crippen LogP contribution >= 0.6 is 0 Å². The molecule has 112 valence electrons.